The number of pyridine rings is 1. The standard InChI is InChI=1S/C18H16ClN3OS/c1-12(13-6-8-20-9-7-13)21-17(23)10-14-11-24-18(22-14)15-4-2-3-5-16(15)19/h2-9,11-12H,10H2,1H3,(H,21,23). The molecule has 24 heavy (non-hydrogen) atoms. The highest BCUT2D eigenvalue weighted by Gasteiger charge is 2.13. The van der Waals surface area contributed by atoms with Crippen LogP contribution < -0.4 is 5.32 Å². The Morgan fingerprint density at radius 3 is 2.75 bits per heavy atom. The predicted molar refractivity (Wildman–Crippen MR) is 97.1 cm³/mol. The molecule has 3 aromatic rings. The van der Waals surface area contributed by atoms with Crippen molar-refractivity contribution >= 4 is 28.8 Å². The quantitative estimate of drug-likeness (QED) is 0.741. The molecule has 0 saturated heterocycles. The molecule has 2 aromatic heterocycles. The molecule has 0 bridgehead atoms. The van der Waals surface area contributed by atoms with Gasteiger partial charge >= 0.3 is 0 Å². The van der Waals surface area contributed by atoms with Crippen molar-refractivity contribution < 1.29 is 4.79 Å². The van der Waals surface area contributed by atoms with E-state index in [2.05, 4.69) is 15.3 Å². The van der Waals surface area contributed by atoms with Gasteiger partial charge in [-0.05, 0) is 30.7 Å². The number of nitrogens with one attached hydrogen (secondary N) is 1. The van der Waals surface area contributed by atoms with Gasteiger partial charge in [-0.2, -0.15) is 0 Å². The van der Waals surface area contributed by atoms with Crippen LogP contribution in [0.1, 0.15) is 24.2 Å². The molecule has 1 atom stereocenters. The van der Waals surface area contributed by atoms with Crippen LogP contribution in [-0.2, 0) is 11.2 Å². The fraction of sp³-hybridized carbons (Fsp3) is 0.167. The molecule has 1 unspecified atom stereocenters. The van der Waals surface area contributed by atoms with Crippen molar-refractivity contribution in [2.75, 3.05) is 0 Å². The van der Waals surface area contributed by atoms with E-state index in [1.165, 1.54) is 11.3 Å². The second-order valence-corrected chi connectivity index (χ2v) is 6.64. The molecular weight excluding hydrogens is 342 g/mol. The van der Waals surface area contributed by atoms with E-state index >= 15 is 0 Å². The average Bonchev–Trinajstić information content (AvgIpc) is 3.04. The zero-order valence-electron chi connectivity index (χ0n) is 13.1. The van der Waals surface area contributed by atoms with Crippen molar-refractivity contribution in [2.45, 2.75) is 19.4 Å². The van der Waals surface area contributed by atoms with Crippen LogP contribution >= 0.6 is 22.9 Å². The van der Waals surface area contributed by atoms with Crippen LogP contribution in [0, 0.1) is 0 Å². The molecule has 0 aliphatic carbocycles. The Kier molecular flexibility index (Phi) is 5.23. The van der Waals surface area contributed by atoms with Gasteiger partial charge in [0.15, 0.2) is 0 Å². The molecule has 0 aliphatic heterocycles. The Labute approximate surface area is 149 Å². The van der Waals surface area contributed by atoms with E-state index < -0.39 is 0 Å². The van der Waals surface area contributed by atoms with Crippen LogP contribution in [0.25, 0.3) is 10.6 Å². The second kappa shape index (κ2) is 7.55. The van der Waals surface area contributed by atoms with Crippen LogP contribution in [0.15, 0.2) is 54.2 Å². The van der Waals surface area contributed by atoms with Crippen molar-refractivity contribution in [2.24, 2.45) is 0 Å². The maximum absolute atomic E-state index is 12.2. The molecule has 1 aromatic carbocycles. The van der Waals surface area contributed by atoms with E-state index in [0.717, 1.165) is 21.8 Å². The summed E-state index contributed by atoms with van der Waals surface area (Å²) in [6.07, 6.45) is 3.68. The monoisotopic (exact) mass is 357 g/mol. The number of aromatic nitrogens is 2. The Morgan fingerprint density at radius 1 is 1.25 bits per heavy atom. The molecule has 122 valence electrons. The Balaban J connectivity index is 1.65. The van der Waals surface area contributed by atoms with E-state index in [-0.39, 0.29) is 18.4 Å². The maximum atomic E-state index is 12.2. The summed E-state index contributed by atoms with van der Waals surface area (Å²) in [4.78, 5) is 20.7. The first-order valence-electron chi connectivity index (χ1n) is 7.52. The molecule has 3 rings (SSSR count). The van der Waals surface area contributed by atoms with E-state index in [1.807, 2.05) is 48.7 Å². The van der Waals surface area contributed by atoms with Gasteiger partial charge in [-0.25, -0.2) is 4.98 Å². The summed E-state index contributed by atoms with van der Waals surface area (Å²) < 4.78 is 0. The van der Waals surface area contributed by atoms with Crippen molar-refractivity contribution in [3.63, 3.8) is 0 Å². The van der Waals surface area contributed by atoms with E-state index in [9.17, 15) is 4.79 Å². The fourth-order valence-electron chi connectivity index (χ4n) is 2.34. The number of amides is 1. The highest BCUT2D eigenvalue weighted by atomic mass is 35.5. The summed E-state index contributed by atoms with van der Waals surface area (Å²) in [6.45, 7) is 1.95. The number of carbonyl (C=O) groups is 1. The lowest BCUT2D eigenvalue weighted by atomic mass is 10.1. The van der Waals surface area contributed by atoms with Crippen molar-refractivity contribution in [3.8, 4) is 10.6 Å². The minimum atomic E-state index is -0.0674. The van der Waals surface area contributed by atoms with Crippen LogP contribution in [0.3, 0.4) is 0 Å². The summed E-state index contributed by atoms with van der Waals surface area (Å²) >= 11 is 7.68. The summed E-state index contributed by atoms with van der Waals surface area (Å²) in [6, 6.07) is 11.3. The van der Waals surface area contributed by atoms with Gasteiger partial charge in [0.1, 0.15) is 5.01 Å². The maximum Gasteiger partial charge on any atom is 0.226 e. The molecule has 0 radical (unpaired) electrons. The molecule has 0 saturated carbocycles. The first-order valence-corrected chi connectivity index (χ1v) is 8.78. The highest BCUT2D eigenvalue weighted by Crippen LogP contribution is 2.30. The highest BCUT2D eigenvalue weighted by molar-refractivity contribution is 7.13. The van der Waals surface area contributed by atoms with Crippen molar-refractivity contribution in [1.82, 2.24) is 15.3 Å². The number of benzene rings is 1. The van der Waals surface area contributed by atoms with Gasteiger partial charge in [0.05, 0.1) is 23.2 Å². The number of nitrogens with zero attached hydrogens (tertiary/aromatic N) is 2. The van der Waals surface area contributed by atoms with Crippen LogP contribution in [0.2, 0.25) is 5.02 Å². The molecular formula is C18H16ClN3OS. The molecule has 0 fully saturated rings. The number of hydrogen-bond donors (Lipinski definition) is 1. The summed E-state index contributed by atoms with van der Waals surface area (Å²) in [5.41, 5.74) is 2.66. The largest absolute Gasteiger partial charge is 0.349 e. The van der Waals surface area contributed by atoms with Gasteiger partial charge in [-0.3, -0.25) is 9.78 Å². The Hall–Kier alpha value is -2.24. The molecule has 6 heteroatoms. The van der Waals surface area contributed by atoms with Gasteiger partial charge in [-0.15, -0.1) is 11.3 Å². The molecule has 2 heterocycles. The van der Waals surface area contributed by atoms with Gasteiger partial charge in [-0.1, -0.05) is 29.8 Å². The minimum absolute atomic E-state index is 0.0599. The zero-order valence-corrected chi connectivity index (χ0v) is 14.6. The third kappa shape index (κ3) is 3.99. The van der Waals surface area contributed by atoms with Crippen LogP contribution in [0.5, 0.6) is 0 Å². The third-order valence-corrected chi connectivity index (χ3v) is 4.84. The fourth-order valence-corrected chi connectivity index (χ4v) is 3.48. The number of carbonyl (C=O) groups excluding carboxylic acids is 1. The zero-order chi connectivity index (χ0) is 16.9. The molecule has 1 N–H and O–H groups in total. The average molecular weight is 358 g/mol. The molecule has 4 nitrogen and oxygen atoms in total. The molecule has 0 spiro atoms. The van der Waals surface area contributed by atoms with Crippen molar-refractivity contribution in [3.05, 3.63) is 70.5 Å². The SMILES string of the molecule is CC(NC(=O)Cc1csc(-c2ccccc2Cl)n1)c1ccncc1. The lowest BCUT2D eigenvalue weighted by Crippen LogP contribution is -2.28. The number of halogens is 1. The summed E-state index contributed by atoms with van der Waals surface area (Å²) in [7, 11) is 0. The number of rotatable bonds is 5. The summed E-state index contributed by atoms with van der Waals surface area (Å²) in [5, 5.41) is 6.36. The molecule has 1 amide bonds. The van der Waals surface area contributed by atoms with E-state index in [1.54, 1.807) is 12.4 Å². The van der Waals surface area contributed by atoms with Crippen LogP contribution in [0.4, 0.5) is 0 Å². The Bertz CT molecular complexity index is 835. The lowest BCUT2D eigenvalue weighted by Gasteiger charge is -2.13. The second-order valence-electron chi connectivity index (χ2n) is 5.37. The predicted octanol–water partition coefficient (Wildman–Crippen LogP) is 4.28. The minimum Gasteiger partial charge on any atom is -0.349 e. The first kappa shape index (κ1) is 16.6. The summed E-state index contributed by atoms with van der Waals surface area (Å²) in [5.74, 6) is -0.0599. The topological polar surface area (TPSA) is 54.9 Å². The molecule has 0 aliphatic rings. The van der Waals surface area contributed by atoms with Gasteiger partial charge < -0.3 is 5.32 Å². The lowest BCUT2D eigenvalue weighted by molar-refractivity contribution is -0.121. The van der Waals surface area contributed by atoms with E-state index in [4.69, 9.17) is 11.6 Å². The number of hydrogen-bond acceptors (Lipinski definition) is 4. The normalized spacial score (nSPS) is 11.9. The van der Waals surface area contributed by atoms with Gasteiger partial charge in [0.25, 0.3) is 0 Å². The van der Waals surface area contributed by atoms with Gasteiger partial charge in [0, 0.05) is 23.3 Å². The first-order chi connectivity index (χ1) is 11.6. The van der Waals surface area contributed by atoms with Crippen molar-refractivity contribution in [1.29, 1.82) is 0 Å². The third-order valence-electron chi connectivity index (χ3n) is 3.58. The Morgan fingerprint density at radius 2 is 2.00 bits per heavy atom. The number of thiazole rings is 1. The van der Waals surface area contributed by atoms with Crippen LogP contribution in [-0.4, -0.2) is 15.9 Å². The van der Waals surface area contributed by atoms with E-state index in [0.29, 0.717) is 5.02 Å². The van der Waals surface area contributed by atoms with Gasteiger partial charge in [0.2, 0.25) is 5.91 Å². The smallest absolute Gasteiger partial charge is 0.226 e.